The lowest BCUT2D eigenvalue weighted by molar-refractivity contribution is -0.124. The van der Waals surface area contributed by atoms with E-state index >= 15 is 0 Å². The van der Waals surface area contributed by atoms with Crippen LogP contribution in [0.15, 0.2) is 18.2 Å². The number of methoxy groups -OCH3 is 1. The Labute approximate surface area is 162 Å². The van der Waals surface area contributed by atoms with Crippen molar-refractivity contribution in [1.82, 2.24) is 15.5 Å². The molecule has 1 heterocycles. The normalized spacial score (nSPS) is 16.0. The maximum atomic E-state index is 12.4. The zero-order valence-corrected chi connectivity index (χ0v) is 17.2. The first-order valence-corrected chi connectivity index (χ1v) is 9.63. The summed E-state index contributed by atoms with van der Waals surface area (Å²) in [6.07, 6.45) is 1.97. The Balaban J connectivity index is 1.75. The van der Waals surface area contributed by atoms with Gasteiger partial charge in [-0.3, -0.25) is 14.5 Å². The maximum Gasteiger partial charge on any atom is 0.251 e. The number of piperidine rings is 1. The fourth-order valence-electron chi connectivity index (χ4n) is 3.35. The molecule has 2 N–H and O–H groups in total. The predicted molar refractivity (Wildman–Crippen MR) is 107 cm³/mol. The third-order valence-electron chi connectivity index (χ3n) is 4.69. The van der Waals surface area contributed by atoms with Crippen LogP contribution in [0.25, 0.3) is 0 Å². The van der Waals surface area contributed by atoms with Gasteiger partial charge in [0, 0.05) is 17.6 Å². The molecule has 0 saturated carbocycles. The van der Waals surface area contributed by atoms with Gasteiger partial charge in [-0.15, -0.1) is 0 Å². The summed E-state index contributed by atoms with van der Waals surface area (Å²) in [5.41, 5.74) is 1.43. The van der Waals surface area contributed by atoms with Gasteiger partial charge < -0.3 is 15.4 Å². The van der Waals surface area contributed by atoms with Gasteiger partial charge in [0.2, 0.25) is 5.91 Å². The average molecular weight is 376 g/mol. The second-order valence-electron chi connectivity index (χ2n) is 8.47. The van der Waals surface area contributed by atoms with Gasteiger partial charge >= 0.3 is 0 Å². The van der Waals surface area contributed by atoms with E-state index in [-0.39, 0.29) is 17.4 Å². The van der Waals surface area contributed by atoms with E-state index in [9.17, 15) is 9.59 Å². The molecule has 0 radical (unpaired) electrons. The minimum atomic E-state index is -0.196. The Kier molecular flexibility index (Phi) is 7.25. The second-order valence-corrected chi connectivity index (χ2v) is 8.47. The van der Waals surface area contributed by atoms with E-state index in [0.29, 0.717) is 30.3 Å². The van der Waals surface area contributed by atoms with Crippen molar-refractivity contribution < 1.29 is 14.3 Å². The summed E-state index contributed by atoms with van der Waals surface area (Å²) in [5.74, 6) is 1.15. The molecule has 1 aliphatic heterocycles. The lowest BCUT2D eigenvalue weighted by Crippen LogP contribution is -2.48. The molecular formula is C21H33N3O3. The molecule has 27 heavy (non-hydrogen) atoms. The molecule has 0 aliphatic carbocycles. The zero-order chi connectivity index (χ0) is 20.0. The topological polar surface area (TPSA) is 70.7 Å². The molecular weight excluding hydrogens is 342 g/mol. The minimum absolute atomic E-state index is 0.0658. The van der Waals surface area contributed by atoms with Crippen LogP contribution in [0.1, 0.15) is 49.5 Å². The monoisotopic (exact) mass is 375 g/mol. The zero-order valence-electron chi connectivity index (χ0n) is 17.2. The van der Waals surface area contributed by atoms with Crippen LogP contribution < -0.4 is 15.4 Å². The molecule has 2 rings (SSSR count). The van der Waals surface area contributed by atoms with Crippen molar-refractivity contribution in [2.45, 2.75) is 46.1 Å². The fourth-order valence-corrected chi connectivity index (χ4v) is 3.35. The number of ether oxygens (including phenoxy) is 1. The number of likely N-dealkylation sites (tertiary alicyclic amines) is 1. The summed E-state index contributed by atoms with van der Waals surface area (Å²) >= 11 is 0. The van der Waals surface area contributed by atoms with Crippen LogP contribution in [0.4, 0.5) is 0 Å². The number of hydrogen-bond acceptors (Lipinski definition) is 4. The van der Waals surface area contributed by atoms with E-state index in [1.54, 1.807) is 13.2 Å². The van der Waals surface area contributed by atoms with Crippen molar-refractivity contribution >= 4 is 11.8 Å². The SMILES string of the molecule is COc1cc(C)cc(C(=O)NCC2CCN(CC(=O)NC(C)(C)C)CC2)c1. The maximum absolute atomic E-state index is 12.4. The third-order valence-corrected chi connectivity index (χ3v) is 4.69. The van der Waals surface area contributed by atoms with Gasteiger partial charge in [-0.2, -0.15) is 0 Å². The van der Waals surface area contributed by atoms with Crippen molar-refractivity contribution in [3.05, 3.63) is 29.3 Å². The molecule has 1 aromatic rings. The molecule has 2 amide bonds. The molecule has 6 nitrogen and oxygen atoms in total. The van der Waals surface area contributed by atoms with Gasteiger partial charge in [-0.05, 0) is 83.3 Å². The summed E-state index contributed by atoms with van der Waals surface area (Å²) in [7, 11) is 1.60. The highest BCUT2D eigenvalue weighted by Crippen LogP contribution is 2.18. The van der Waals surface area contributed by atoms with Crippen LogP contribution in [0, 0.1) is 12.8 Å². The minimum Gasteiger partial charge on any atom is -0.497 e. The predicted octanol–water partition coefficient (Wildman–Crippen LogP) is 2.36. The number of amides is 2. The van der Waals surface area contributed by atoms with Crippen LogP contribution in [-0.4, -0.2) is 55.5 Å². The van der Waals surface area contributed by atoms with Crippen molar-refractivity contribution in [1.29, 1.82) is 0 Å². The van der Waals surface area contributed by atoms with Crippen LogP contribution in [0.2, 0.25) is 0 Å². The molecule has 0 spiro atoms. The van der Waals surface area contributed by atoms with Crippen molar-refractivity contribution in [2.24, 2.45) is 5.92 Å². The van der Waals surface area contributed by atoms with Gasteiger partial charge in [-0.1, -0.05) is 0 Å². The van der Waals surface area contributed by atoms with Gasteiger partial charge in [0.25, 0.3) is 5.91 Å². The Hall–Kier alpha value is -2.08. The molecule has 0 atom stereocenters. The van der Waals surface area contributed by atoms with E-state index < -0.39 is 0 Å². The Morgan fingerprint density at radius 2 is 1.85 bits per heavy atom. The van der Waals surface area contributed by atoms with Gasteiger partial charge in [0.15, 0.2) is 0 Å². The standard InChI is InChI=1S/C21H33N3O3/c1-15-10-17(12-18(11-15)27-5)20(26)22-13-16-6-8-24(9-7-16)14-19(25)23-21(2,3)4/h10-12,16H,6-9,13-14H2,1-5H3,(H,22,26)(H,23,25). The molecule has 1 saturated heterocycles. The second kappa shape index (κ2) is 9.22. The lowest BCUT2D eigenvalue weighted by atomic mass is 9.96. The Bertz CT molecular complexity index is 659. The fraction of sp³-hybridized carbons (Fsp3) is 0.619. The molecule has 1 aliphatic rings. The van der Waals surface area contributed by atoms with E-state index in [4.69, 9.17) is 4.74 Å². The summed E-state index contributed by atoms with van der Waals surface area (Å²) in [5, 5.41) is 6.04. The molecule has 1 fully saturated rings. The van der Waals surface area contributed by atoms with Crippen LogP contribution in [0.3, 0.4) is 0 Å². The number of rotatable bonds is 6. The first-order valence-electron chi connectivity index (χ1n) is 9.63. The van der Waals surface area contributed by atoms with Crippen LogP contribution >= 0.6 is 0 Å². The number of aryl methyl sites for hydroxylation is 1. The summed E-state index contributed by atoms with van der Waals surface area (Å²) in [4.78, 5) is 26.6. The molecule has 1 aromatic carbocycles. The average Bonchev–Trinajstić information content (AvgIpc) is 2.58. The Morgan fingerprint density at radius 1 is 1.19 bits per heavy atom. The summed E-state index contributed by atoms with van der Waals surface area (Å²) < 4.78 is 5.24. The first-order chi connectivity index (χ1) is 12.7. The number of nitrogens with zero attached hydrogens (tertiary/aromatic N) is 1. The number of carbonyl (C=O) groups excluding carboxylic acids is 2. The van der Waals surface area contributed by atoms with Crippen LogP contribution in [0.5, 0.6) is 5.75 Å². The Morgan fingerprint density at radius 3 is 2.44 bits per heavy atom. The number of carbonyl (C=O) groups is 2. The third kappa shape index (κ3) is 7.21. The van der Waals surface area contributed by atoms with Gasteiger partial charge in [-0.25, -0.2) is 0 Å². The highest BCUT2D eigenvalue weighted by molar-refractivity contribution is 5.94. The molecule has 150 valence electrons. The number of nitrogens with one attached hydrogen (secondary N) is 2. The molecule has 0 aromatic heterocycles. The smallest absolute Gasteiger partial charge is 0.251 e. The number of benzene rings is 1. The molecule has 0 bridgehead atoms. The lowest BCUT2D eigenvalue weighted by Gasteiger charge is -2.32. The van der Waals surface area contributed by atoms with E-state index in [2.05, 4.69) is 15.5 Å². The van der Waals surface area contributed by atoms with E-state index in [1.165, 1.54) is 0 Å². The molecule has 6 heteroatoms. The highest BCUT2D eigenvalue weighted by atomic mass is 16.5. The van der Waals surface area contributed by atoms with Gasteiger partial charge in [0.1, 0.15) is 5.75 Å². The molecule has 0 unspecified atom stereocenters. The van der Waals surface area contributed by atoms with Crippen LogP contribution in [-0.2, 0) is 4.79 Å². The summed E-state index contributed by atoms with van der Waals surface area (Å²) in [6, 6.07) is 5.54. The number of hydrogen-bond donors (Lipinski definition) is 2. The van der Waals surface area contributed by atoms with Crippen molar-refractivity contribution in [2.75, 3.05) is 33.3 Å². The van der Waals surface area contributed by atoms with E-state index in [1.807, 2.05) is 39.8 Å². The van der Waals surface area contributed by atoms with Crippen molar-refractivity contribution in [3.63, 3.8) is 0 Å². The quantitative estimate of drug-likeness (QED) is 0.801. The van der Waals surface area contributed by atoms with Gasteiger partial charge in [0.05, 0.1) is 13.7 Å². The summed E-state index contributed by atoms with van der Waals surface area (Å²) in [6.45, 7) is 10.8. The van der Waals surface area contributed by atoms with E-state index in [0.717, 1.165) is 31.5 Å². The first kappa shape index (κ1) is 21.2. The highest BCUT2D eigenvalue weighted by Gasteiger charge is 2.23. The van der Waals surface area contributed by atoms with Crippen molar-refractivity contribution in [3.8, 4) is 5.75 Å². The largest absolute Gasteiger partial charge is 0.497 e.